The number of pyridine rings is 1. The van der Waals surface area contributed by atoms with E-state index in [0.29, 0.717) is 25.2 Å². The predicted molar refractivity (Wildman–Crippen MR) is 138 cm³/mol. The molecule has 0 spiro atoms. The molecule has 198 valence electrons. The third-order valence-electron chi connectivity index (χ3n) is 6.15. The number of hydrogen-bond acceptors (Lipinski definition) is 7. The summed E-state index contributed by atoms with van der Waals surface area (Å²) < 4.78 is 6.30. The Balaban J connectivity index is 1.91. The number of carbonyl (C=O) groups is 2. The lowest BCUT2D eigenvalue weighted by Gasteiger charge is -2.37. The molecule has 0 unspecified atom stereocenters. The number of hydrogen-bond donors (Lipinski definition) is 3. The van der Waals surface area contributed by atoms with Crippen molar-refractivity contribution in [2.75, 3.05) is 26.7 Å². The van der Waals surface area contributed by atoms with Crippen molar-refractivity contribution in [3.63, 3.8) is 0 Å². The molecular weight excluding hydrogens is 474 g/mol. The summed E-state index contributed by atoms with van der Waals surface area (Å²) in [5.74, 6) is 4.40. The number of carbonyl (C=O) groups excluding carboxylic acids is 1. The molecule has 2 aromatic rings. The van der Waals surface area contributed by atoms with Gasteiger partial charge in [0, 0.05) is 37.3 Å². The van der Waals surface area contributed by atoms with Gasteiger partial charge in [0.05, 0.1) is 18.2 Å². The van der Waals surface area contributed by atoms with Crippen molar-refractivity contribution in [2.24, 2.45) is 5.92 Å². The van der Waals surface area contributed by atoms with E-state index in [9.17, 15) is 24.9 Å². The Morgan fingerprint density at radius 3 is 2.73 bits per heavy atom. The van der Waals surface area contributed by atoms with Gasteiger partial charge in [-0.3, -0.25) is 9.69 Å². The summed E-state index contributed by atoms with van der Waals surface area (Å²) in [5, 5.41) is 29.0. The predicted octanol–water partition coefficient (Wildman–Crippen LogP) is 2.25. The standard InChI is InChI=1S/C28H35N3O6/c1-18-14-31(19(2)17-32)26(33)23-12-20(9-10-28(3,4)36)13-29-25(23)37-24(18)16-30(5)15-21-7-6-8-22(11-21)27(34)35/h6-8,11-13,18-19,24,32,36H,14-17H2,1-5H3,(H,34,35)/t18-,19+,24+/m0/s1. The van der Waals surface area contributed by atoms with Crippen LogP contribution in [0.25, 0.3) is 0 Å². The Hall–Kier alpha value is -3.45. The van der Waals surface area contributed by atoms with Crippen molar-refractivity contribution in [1.29, 1.82) is 0 Å². The van der Waals surface area contributed by atoms with Crippen molar-refractivity contribution in [3.05, 3.63) is 58.8 Å². The minimum atomic E-state index is -1.20. The van der Waals surface area contributed by atoms with Crippen LogP contribution in [-0.4, -0.2) is 86.5 Å². The average Bonchev–Trinajstić information content (AvgIpc) is 2.84. The number of rotatable bonds is 7. The highest BCUT2D eigenvalue weighted by Gasteiger charge is 2.34. The number of fused-ring (bicyclic) bond motifs is 1. The summed E-state index contributed by atoms with van der Waals surface area (Å²) in [6.45, 7) is 8.10. The quantitative estimate of drug-likeness (QED) is 0.486. The number of aliphatic hydroxyl groups is 2. The first kappa shape index (κ1) is 28.1. The summed E-state index contributed by atoms with van der Waals surface area (Å²) >= 11 is 0. The first-order chi connectivity index (χ1) is 17.4. The molecule has 0 saturated heterocycles. The van der Waals surface area contributed by atoms with Gasteiger partial charge in [-0.05, 0) is 51.6 Å². The Bertz CT molecular complexity index is 1200. The van der Waals surface area contributed by atoms with Crippen LogP contribution in [-0.2, 0) is 6.54 Å². The minimum absolute atomic E-state index is 0.0876. The molecule has 2 heterocycles. The molecule has 1 aliphatic rings. The third kappa shape index (κ3) is 7.52. The van der Waals surface area contributed by atoms with Crippen LogP contribution in [0.15, 0.2) is 36.5 Å². The van der Waals surface area contributed by atoms with E-state index < -0.39 is 17.6 Å². The number of aliphatic hydroxyl groups excluding tert-OH is 1. The van der Waals surface area contributed by atoms with Gasteiger partial charge in [-0.25, -0.2) is 9.78 Å². The molecule has 0 radical (unpaired) electrons. The summed E-state index contributed by atoms with van der Waals surface area (Å²) in [6, 6.07) is 8.00. The van der Waals surface area contributed by atoms with Gasteiger partial charge < -0.3 is 25.0 Å². The second kappa shape index (κ2) is 11.7. The third-order valence-corrected chi connectivity index (χ3v) is 6.15. The molecule has 9 nitrogen and oxygen atoms in total. The first-order valence-electron chi connectivity index (χ1n) is 12.2. The van der Waals surface area contributed by atoms with E-state index in [1.165, 1.54) is 6.20 Å². The summed E-state index contributed by atoms with van der Waals surface area (Å²) in [6.07, 6.45) is 1.17. The number of benzene rings is 1. The number of carboxylic acid groups (broad SMARTS) is 1. The second-order valence-electron chi connectivity index (χ2n) is 10.2. The Morgan fingerprint density at radius 2 is 2.08 bits per heavy atom. The van der Waals surface area contributed by atoms with Crippen LogP contribution < -0.4 is 4.74 Å². The highest BCUT2D eigenvalue weighted by atomic mass is 16.5. The zero-order valence-electron chi connectivity index (χ0n) is 21.9. The van der Waals surface area contributed by atoms with Crippen molar-refractivity contribution in [2.45, 2.75) is 52.0 Å². The van der Waals surface area contributed by atoms with Crippen LogP contribution in [0.5, 0.6) is 5.88 Å². The van der Waals surface area contributed by atoms with Gasteiger partial charge >= 0.3 is 5.97 Å². The van der Waals surface area contributed by atoms with E-state index in [1.807, 2.05) is 24.9 Å². The van der Waals surface area contributed by atoms with Gasteiger partial charge in [-0.15, -0.1) is 0 Å². The number of nitrogens with zero attached hydrogens (tertiary/aromatic N) is 3. The van der Waals surface area contributed by atoms with Crippen LogP contribution >= 0.6 is 0 Å². The van der Waals surface area contributed by atoms with Crippen LogP contribution in [0.3, 0.4) is 0 Å². The summed E-state index contributed by atoms with van der Waals surface area (Å²) in [4.78, 5) is 32.9. The van der Waals surface area contributed by atoms with Gasteiger partial charge in [0.25, 0.3) is 5.91 Å². The monoisotopic (exact) mass is 509 g/mol. The number of aromatic carboxylic acids is 1. The van der Waals surface area contributed by atoms with E-state index in [0.717, 1.165) is 5.56 Å². The molecule has 1 aromatic heterocycles. The normalized spacial score (nSPS) is 18.7. The van der Waals surface area contributed by atoms with Gasteiger partial charge in [0.15, 0.2) is 0 Å². The molecule has 0 bridgehead atoms. The molecule has 9 heteroatoms. The average molecular weight is 510 g/mol. The largest absolute Gasteiger partial charge is 0.478 e. The smallest absolute Gasteiger partial charge is 0.335 e. The number of likely N-dealkylation sites (N-methyl/N-ethyl adjacent to an activating group) is 1. The lowest BCUT2D eigenvalue weighted by molar-refractivity contribution is 0.0324. The molecule has 3 atom stereocenters. The number of carboxylic acids is 1. The highest BCUT2D eigenvalue weighted by molar-refractivity contribution is 5.97. The maximum atomic E-state index is 13.5. The molecule has 37 heavy (non-hydrogen) atoms. The fourth-order valence-corrected chi connectivity index (χ4v) is 4.10. The second-order valence-corrected chi connectivity index (χ2v) is 10.2. The fraction of sp³-hybridized carbons (Fsp3) is 0.464. The molecule has 1 aromatic carbocycles. The molecule has 1 amide bonds. The number of amides is 1. The van der Waals surface area contributed by atoms with E-state index in [4.69, 9.17) is 4.74 Å². The lowest BCUT2D eigenvalue weighted by atomic mass is 9.99. The zero-order valence-corrected chi connectivity index (χ0v) is 21.9. The SMILES string of the molecule is C[C@H](CO)N1C[C@H](C)[C@@H](CN(C)Cc2cccc(C(=O)O)c2)Oc2ncc(C#CC(C)(C)O)cc2C1=O. The first-order valence-corrected chi connectivity index (χ1v) is 12.2. The van der Waals surface area contributed by atoms with Crippen LogP contribution in [0.4, 0.5) is 0 Å². The van der Waals surface area contributed by atoms with E-state index in [-0.39, 0.29) is 41.5 Å². The van der Waals surface area contributed by atoms with E-state index in [1.54, 1.807) is 49.9 Å². The molecular formula is C28H35N3O6. The van der Waals surface area contributed by atoms with Gasteiger partial charge in [0.2, 0.25) is 5.88 Å². The van der Waals surface area contributed by atoms with Crippen LogP contribution in [0.1, 0.15) is 59.5 Å². The van der Waals surface area contributed by atoms with E-state index >= 15 is 0 Å². The Kier molecular flexibility index (Phi) is 8.92. The van der Waals surface area contributed by atoms with E-state index in [2.05, 4.69) is 16.8 Å². The van der Waals surface area contributed by atoms with Crippen molar-refractivity contribution in [3.8, 4) is 17.7 Å². The molecule has 1 aliphatic heterocycles. The summed E-state index contributed by atoms with van der Waals surface area (Å²) in [7, 11) is 1.92. The Labute approximate surface area is 217 Å². The summed E-state index contributed by atoms with van der Waals surface area (Å²) in [5.41, 5.74) is 0.610. The van der Waals surface area contributed by atoms with Crippen molar-refractivity contribution >= 4 is 11.9 Å². The molecule has 0 fully saturated rings. The Morgan fingerprint density at radius 1 is 1.35 bits per heavy atom. The lowest BCUT2D eigenvalue weighted by Crippen LogP contribution is -2.49. The minimum Gasteiger partial charge on any atom is -0.478 e. The number of aromatic nitrogens is 1. The molecule has 0 saturated carbocycles. The van der Waals surface area contributed by atoms with Crippen molar-refractivity contribution < 1.29 is 29.6 Å². The van der Waals surface area contributed by atoms with Gasteiger partial charge in [-0.2, -0.15) is 0 Å². The van der Waals surface area contributed by atoms with Crippen LogP contribution in [0, 0.1) is 17.8 Å². The maximum absolute atomic E-state index is 13.5. The molecule has 0 aliphatic carbocycles. The highest BCUT2D eigenvalue weighted by Crippen LogP contribution is 2.27. The molecule has 3 N–H and O–H groups in total. The van der Waals surface area contributed by atoms with Crippen molar-refractivity contribution in [1.82, 2.24) is 14.8 Å². The maximum Gasteiger partial charge on any atom is 0.335 e. The number of ether oxygens (including phenoxy) is 1. The molecule has 3 rings (SSSR count). The fourth-order valence-electron chi connectivity index (χ4n) is 4.10. The topological polar surface area (TPSA) is 123 Å². The van der Waals surface area contributed by atoms with Gasteiger partial charge in [-0.1, -0.05) is 30.9 Å². The van der Waals surface area contributed by atoms with Gasteiger partial charge in [0.1, 0.15) is 17.3 Å². The zero-order chi connectivity index (χ0) is 27.3. The van der Waals surface area contributed by atoms with Crippen LogP contribution in [0.2, 0.25) is 0 Å².